The standard InChI is InChI=1S/C20H17BrO4/c1-20(2,3)19(23)24-13-8-9-14-16(11-13)25-17(18(14)22)10-12-6-4-5-7-15(12)21/h4-11H,1-3H3. The summed E-state index contributed by atoms with van der Waals surface area (Å²) in [5, 5.41) is 0. The van der Waals surface area contributed by atoms with Gasteiger partial charge in [0.05, 0.1) is 11.0 Å². The maximum Gasteiger partial charge on any atom is 0.316 e. The highest BCUT2D eigenvalue weighted by Crippen LogP contribution is 2.36. The van der Waals surface area contributed by atoms with Gasteiger partial charge in [-0.25, -0.2) is 0 Å². The molecule has 0 fully saturated rings. The lowest BCUT2D eigenvalue weighted by Gasteiger charge is -2.16. The van der Waals surface area contributed by atoms with Crippen molar-refractivity contribution in [2.24, 2.45) is 5.41 Å². The average Bonchev–Trinajstić information content (AvgIpc) is 2.84. The van der Waals surface area contributed by atoms with Crippen molar-refractivity contribution in [3.63, 3.8) is 0 Å². The second-order valence-corrected chi connectivity index (χ2v) is 7.61. The van der Waals surface area contributed by atoms with E-state index in [1.165, 1.54) is 0 Å². The van der Waals surface area contributed by atoms with Crippen molar-refractivity contribution in [2.45, 2.75) is 20.8 Å². The molecule has 0 bridgehead atoms. The van der Waals surface area contributed by atoms with Crippen LogP contribution < -0.4 is 9.47 Å². The van der Waals surface area contributed by atoms with Crippen LogP contribution in [0.4, 0.5) is 0 Å². The zero-order chi connectivity index (χ0) is 18.2. The van der Waals surface area contributed by atoms with E-state index in [2.05, 4.69) is 15.9 Å². The number of benzene rings is 2. The Hall–Kier alpha value is -2.40. The average molecular weight is 401 g/mol. The molecule has 0 saturated carbocycles. The van der Waals surface area contributed by atoms with Gasteiger partial charge in [0, 0.05) is 10.5 Å². The Balaban J connectivity index is 1.87. The highest BCUT2D eigenvalue weighted by molar-refractivity contribution is 9.10. The first-order chi connectivity index (χ1) is 11.8. The van der Waals surface area contributed by atoms with Crippen molar-refractivity contribution in [3.8, 4) is 11.5 Å². The van der Waals surface area contributed by atoms with Crippen LogP contribution in [0, 0.1) is 5.41 Å². The van der Waals surface area contributed by atoms with Gasteiger partial charge in [0.15, 0.2) is 5.76 Å². The third-order valence-electron chi connectivity index (χ3n) is 3.66. The number of ether oxygens (including phenoxy) is 2. The molecule has 1 heterocycles. The van der Waals surface area contributed by atoms with Crippen LogP contribution in [0.1, 0.15) is 36.7 Å². The normalized spacial score (nSPS) is 15.0. The fourth-order valence-electron chi connectivity index (χ4n) is 2.22. The van der Waals surface area contributed by atoms with Crippen LogP contribution in [0.25, 0.3) is 6.08 Å². The van der Waals surface area contributed by atoms with Gasteiger partial charge in [-0.3, -0.25) is 9.59 Å². The summed E-state index contributed by atoms with van der Waals surface area (Å²) < 4.78 is 11.9. The maximum atomic E-state index is 12.5. The highest BCUT2D eigenvalue weighted by atomic mass is 79.9. The van der Waals surface area contributed by atoms with Gasteiger partial charge >= 0.3 is 5.97 Å². The lowest BCUT2D eigenvalue weighted by atomic mass is 9.97. The molecule has 0 unspecified atom stereocenters. The predicted molar refractivity (Wildman–Crippen MR) is 98.6 cm³/mol. The number of rotatable bonds is 2. The second kappa shape index (κ2) is 6.48. The van der Waals surface area contributed by atoms with Gasteiger partial charge in [0.1, 0.15) is 11.5 Å². The van der Waals surface area contributed by atoms with E-state index >= 15 is 0 Å². The van der Waals surface area contributed by atoms with E-state index in [0.717, 1.165) is 10.0 Å². The van der Waals surface area contributed by atoms with Crippen molar-refractivity contribution in [1.29, 1.82) is 0 Å². The minimum Gasteiger partial charge on any atom is -0.452 e. The SMILES string of the molecule is CC(C)(C)C(=O)Oc1ccc2c(c1)OC(=Cc1ccccc1Br)C2=O. The van der Waals surface area contributed by atoms with Crippen LogP contribution >= 0.6 is 15.9 Å². The first kappa shape index (κ1) is 17.4. The Morgan fingerprint density at radius 2 is 1.88 bits per heavy atom. The fraction of sp³-hybridized carbons (Fsp3) is 0.200. The summed E-state index contributed by atoms with van der Waals surface area (Å²) in [7, 11) is 0. The Bertz CT molecular complexity index is 891. The number of fused-ring (bicyclic) bond motifs is 1. The number of Topliss-reactive ketones (excluding diaryl/α,β-unsaturated/α-hetero) is 1. The van der Waals surface area contributed by atoms with E-state index in [1.54, 1.807) is 45.0 Å². The van der Waals surface area contributed by atoms with Gasteiger partial charge in [0.2, 0.25) is 5.78 Å². The summed E-state index contributed by atoms with van der Waals surface area (Å²) in [6, 6.07) is 12.3. The van der Waals surface area contributed by atoms with Crippen LogP contribution in [-0.4, -0.2) is 11.8 Å². The minimum absolute atomic E-state index is 0.195. The smallest absolute Gasteiger partial charge is 0.316 e. The zero-order valence-electron chi connectivity index (χ0n) is 14.1. The topological polar surface area (TPSA) is 52.6 Å². The number of halogens is 1. The molecule has 1 aliphatic rings. The van der Waals surface area contributed by atoms with E-state index < -0.39 is 5.41 Å². The van der Waals surface area contributed by atoms with Crippen molar-refractivity contribution < 1.29 is 19.1 Å². The zero-order valence-corrected chi connectivity index (χ0v) is 15.7. The van der Waals surface area contributed by atoms with Gasteiger partial charge in [-0.15, -0.1) is 0 Å². The fourth-order valence-corrected chi connectivity index (χ4v) is 2.62. The molecule has 0 aromatic heterocycles. The summed E-state index contributed by atoms with van der Waals surface area (Å²) in [6.07, 6.45) is 1.69. The minimum atomic E-state index is -0.611. The summed E-state index contributed by atoms with van der Waals surface area (Å²) in [5.74, 6) is 0.442. The molecule has 4 nitrogen and oxygen atoms in total. The van der Waals surface area contributed by atoms with Crippen LogP contribution in [0.2, 0.25) is 0 Å². The van der Waals surface area contributed by atoms with Crippen LogP contribution in [-0.2, 0) is 4.79 Å². The second-order valence-electron chi connectivity index (χ2n) is 6.76. The third kappa shape index (κ3) is 3.66. The molecule has 3 rings (SSSR count). The summed E-state index contributed by atoms with van der Waals surface area (Å²) in [6.45, 7) is 5.34. The molecule has 5 heteroatoms. The van der Waals surface area contributed by atoms with E-state index in [-0.39, 0.29) is 17.5 Å². The van der Waals surface area contributed by atoms with Crippen LogP contribution in [0.5, 0.6) is 11.5 Å². The Morgan fingerprint density at radius 3 is 2.56 bits per heavy atom. The lowest BCUT2D eigenvalue weighted by molar-refractivity contribution is -0.142. The monoisotopic (exact) mass is 400 g/mol. The summed E-state index contributed by atoms with van der Waals surface area (Å²) in [5.41, 5.74) is 0.687. The number of carbonyl (C=O) groups excluding carboxylic acids is 2. The number of carbonyl (C=O) groups is 2. The Kier molecular flexibility index (Phi) is 4.52. The number of hydrogen-bond acceptors (Lipinski definition) is 4. The molecule has 2 aromatic rings. The Morgan fingerprint density at radius 1 is 1.16 bits per heavy atom. The lowest BCUT2D eigenvalue weighted by Crippen LogP contribution is -2.25. The van der Waals surface area contributed by atoms with E-state index in [4.69, 9.17) is 9.47 Å². The quantitative estimate of drug-likeness (QED) is 0.403. The van der Waals surface area contributed by atoms with E-state index in [9.17, 15) is 9.59 Å². The third-order valence-corrected chi connectivity index (χ3v) is 4.38. The molecule has 2 aromatic carbocycles. The molecule has 25 heavy (non-hydrogen) atoms. The van der Waals surface area contributed by atoms with Crippen LogP contribution in [0.15, 0.2) is 52.7 Å². The highest BCUT2D eigenvalue weighted by Gasteiger charge is 2.29. The van der Waals surface area contributed by atoms with Gasteiger partial charge in [-0.2, -0.15) is 0 Å². The molecule has 0 N–H and O–H groups in total. The van der Waals surface area contributed by atoms with Crippen LogP contribution in [0.3, 0.4) is 0 Å². The number of ketones is 1. The van der Waals surface area contributed by atoms with Gasteiger partial charge in [-0.1, -0.05) is 34.1 Å². The predicted octanol–water partition coefficient (Wildman–Crippen LogP) is 5.02. The summed E-state index contributed by atoms with van der Waals surface area (Å²) in [4.78, 5) is 24.5. The molecule has 0 radical (unpaired) electrons. The molecular formula is C20H17BrO4. The van der Waals surface area contributed by atoms with E-state index in [0.29, 0.717) is 17.1 Å². The molecule has 0 aliphatic carbocycles. The Labute approximate surface area is 154 Å². The first-order valence-electron chi connectivity index (χ1n) is 7.81. The molecule has 128 valence electrons. The molecule has 0 amide bonds. The molecular weight excluding hydrogens is 384 g/mol. The number of hydrogen-bond donors (Lipinski definition) is 0. The summed E-state index contributed by atoms with van der Waals surface area (Å²) >= 11 is 3.45. The molecule has 1 aliphatic heterocycles. The number of esters is 1. The first-order valence-corrected chi connectivity index (χ1v) is 8.60. The maximum absolute atomic E-state index is 12.5. The van der Waals surface area contributed by atoms with E-state index in [1.807, 2.05) is 24.3 Å². The number of allylic oxidation sites excluding steroid dienone is 1. The molecule has 0 saturated heterocycles. The van der Waals surface area contributed by atoms with Gasteiger partial charge in [-0.05, 0) is 50.6 Å². The molecule has 0 spiro atoms. The van der Waals surface area contributed by atoms with Crippen molar-refractivity contribution in [2.75, 3.05) is 0 Å². The van der Waals surface area contributed by atoms with Crippen molar-refractivity contribution in [1.82, 2.24) is 0 Å². The van der Waals surface area contributed by atoms with Crippen molar-refractivity contribution >= 4 is 33.8 Å². The molecule has 0 atom stereocenters. The largest absolute Gasteiger partial charge is 0.452 e. The van der Waals surface area contributed by atoms with Gasteiger partial charge in [0.25, 0.3) is 0 Å². The van der Waals surface area contributed by atoms with Gasteiger partial charge < -0.3 is 9.47 Å². The van der Waals surface area contributed by atoms with Crippen molar-refractivity contribution in [3.05, 3.63) is 63.8 Å².